The number of halogens is 2. The number of aliphatic hydroxyl groups is 1. The van der Waals surface area contributed by atoms with Gasteiger partial charge < -0.3 is 14.6 Å². The van der Waals surface area contributed by atoms with Gasteiger partial charge in [0.05, 0.1) is 12.6 Å². The average Bonchev–Trinajstić information content (AvgIpc) is 3.39. The lowest BCUT2D eigenvalue weighted by atomic mass is 10.0. The number of fused-ring (bicyclic) bond motifs is 3. The summed E-state index contributed by atoms with van der Waals surface area (Å²) >= 11 is 0. The van der Waals surface area contributed by atoms with Crippen molar-refractivity contribution < 1.29 is 18.7 Å². The quantitative estimate of drug-likeness (QED) is 0.729. The largest absolute Gasteiger partial charge is 0.389 e. The molecule has 2 fully saturated rings. The van der Waals surface area contributed by atoms with Crippen LogP contribution < -0.4 is 0 Å². The molecule has 2 atom stereocenters. The van der Waals surface area contributed by atoms with Gasteiger partial charge in [-0.1, -0.05) is 0 Å². The molecule has 1 N–H and O–H groups in total. The van der Waals surface area contributed by atoms with E-state index in [1.54, 1.807) is 17.0 Å². The first-order chi connectivity index (χ1) is 13.5. The second-order valence-corrected chi connectivity index (χ2v) is 8.19. The smallest absolute Gasteiger partial charge is 0.223 e. The molecule has 28 heavy (non-hydrogen) atoms. The van der Waals surface area contributed by atoms with Gasteiger partial charge in [-0.25, -0.2) is 8.78 Å². The van der Waals surface area contributed by atoms with E-state index >= 15 is 0 Å². The number of carbonyl (C=O) groups is 1. The fourth-order valence-corrected chi connectivity index (χ4v) is 4.63. The number of aromatic nitrogens is 1. The Kier molecular flexibility index (Phi) is 4.12. The minimum Gasteiger partial charge on any atom is -0.389 e. The second kappa shape index (κ2) is 6.55. The van der Waals surface area contributed by atoms with Gasteiger partial charge in [0.1, 0.15) is 11.6 Å². The third kappa shape index (κ3) is 3.05. The van der Waals surface area contributed by atoms with E-state index in [0.717, 1.165) is 17.6 Å². The summed E-state index contributed by atoms with van der Waals surface area (Å²) in [7, 11) is 0. The van der Waals surface area contributed by atoms with Gasteiger partial charge in [0, 0.05) is 41.3 Å². The number of aliphatic hydroxyl groups excluding tert-OH is 1. The zero-order valence-corrected chi connectivity index (χ0v) is 15.4. The Morgan fingerprint density at radius 1 is 0.964 bits per heavy atom. The molecule has 1 amide bonds. The van der Waals surface area contributed by atoms with Gasteiger partial charge in [0.15, 0.2) is 0 Å². The maximum atomic E-state index is 13.8. The van der Waals surface area contributed by atoms with Gasteiger partial charge in [-0.3, -0.25) is 4.79 Å². The van der Waals surface area contributed by atoms with Crippen molar-refractivity contribution in [3.63, 3.8) is 0 Å². The molecule has 2 unspecified atom stereocenters. The second-order valence-electron chi connectivity index (χ2n) is 8.19. The molecule has 1 aliphatic carbocycles. The van der Waals surface area contributed by atoms with E-state index in [0.29, 0.717) is 29.0 Å². The molecule has 4 nitrogen and oxygen atoms in total. The van der Waals surface area contributed by atoms with Gasteiger partial charge in [0.25, 0.3) is 0 Å². The summed E-state index contributed by atoms with van der Waals surface area (Å²) in [5.74, 6) is 0.449. The van der Waals surface area contributed by atoms with Crippen LogP contribution in [0.4, 0.5) is 8.78 Å². The number of likely N-dealkylation sites (tertiary alicyclic amines) is 1. The van der Waals surface area contributed by atoms with E-state index in [-0.39, 0.29) is 30.6 Å². The van der Waals surface area contributed by atoms with Gasteiger partial charge in [-0.15, -0.1) is 0 Å². The number of rotatable bonds is 5. The van der Waals surface area contributed by atoms with Crippen molar-refractivity contribution in [1.82, 2.24) is 9.47 Å². The molecule has 5 rings (SSSR count). The molecule has 1 aliphatic heterocycles. The number of nitrogens with zero attached hydrogens (tertiary/aromatic N) is 2. The molecule has 2 heterocycles. The lowest BCUT2D eigenvalue weighted by Gasteiger charge is -2.22. The predicted molar refractivity (Wildman–Crippen MR) is 103 cm³/mol. The number of amides is 1. The maximum Gasteiger partial charge on any atom is 0.223 e. The molecule has 0 bridgehead atoms. The predicted octanol–water partition coefficient (Wildman–Crippen LogP) is 3.69. The molecule has 1 aromatic heterocycles. The Morgan fingerprint density at radius 2 is 1.57 bits per heavy atom. The number of hydrogen-bond acceptors (Lipinski definition) is 2. The van der Waals surface area contributed by atoms with Crippen LogP contribution in [0.15, 0.2) is 36.4 Å². The Hall–Kier alpha value is -2.47. The number of carbonyl (C=O) groups excluding carboxylic acids is 1. The molecule has 3 aromatic rings. The fraction of sp³-hybridized carbons (Fsp3) is 0.409. The molecule has 1 saturated carbocycles. The van der Waals surface area contributed by atoms with Gasteiger partial charge in [-0.2, -0.15) is 0 Å². The van der Waals surface area contributed by atoms with Crippen molar-refractivity contribution in [2.24, 2.45) is 11.8 Å². The Labute approximate surface area is 161 Å². The molecule has 2 aliphatic rings. The minimum atomic E-state index is -0.754. The lowest BCUT2D eigenvalue weighted by molar-refractivity contribution is -0.129. The summed E-state index contributed by atoms with van der Waals surface area (Å²) in [6.45, 7) is 1.27. The zero-order chi connectivity index (χ0) is 19.4. The van der Waals surface area contributed by atoms with E-state index in [9.17, 15) is 18.7 Å². The van der Waals surface area contributed by atoms with Crippen molar-refractivity contribution >= 4 is 27.7 Å². The highest BCUT2D eigenvalue weighted by Crippen LogP contribution is 2.41. The topological polar surface area (TPSA) is 45.5 Å². The molecule has 1 saturated heterocycles. The summed E-state index contributed by atoms with van der Waals surface area (Å²) in [6.07, 6.45) is 2.26. The summed E-state index contributed by atoms with van der Waals surface area (Å²) in [4.78, 5) is 14.0. The Bertz CT molecular complexity index is 1010. The maximum absolute atomic E-state index is 13.8. The van der Waals surface area contributed by atoms with Crippen LogP contribution in [0.3, 0.4) is 0 Å². The first kappa shape index (κ1) is 17.6. The lowest BCUT2D eigenvalue weighted by Crippen LogP contribution is -2.35. The zero-order valence-electron chi connectivity index (χ0n) is 15.4. The number of benzene rings is 2. The number of β-amino-alcohol motifs (C(OH)–C–C–N with tert-alkyl or cyclic N) is 1. The first-order valence-electron chi connectivity index (χ1n) is 9.82. The molecule has 146 valence electrons. The average molecular weight is 384 g/mol. The van der Waals surface area contributed by atoms with Crippen molar-refractivity contribution in [2.45, 2.75) is 31.9 Å². The van der Waals surface area contributed by atoms with Crippen LogP contribution in [0.2, 0.25) is 0 Å². The van der Waals surface area contributed by atoms with E-state index in [4.69, 9.17) is 0 Å². The van der Waals surface area contributed by atoms with Crippen LogP contribution in [0.25, 0.3) is 21.8 Å². The van der Waals surface area contributed by atoms with Crippen LogP contribution in [0, 0.1) is 23.5 Å². The third-order valence-corrected chi connectivity index (χ3v) is 6.15. The summed E-state index contributed by atoms with van der Waals surface area (Å²) < 4.78 is 29.4. The van der Waals surface area contributed by atoms with Crippen LogP contribution in [-0.2, 0) is 11.3 Å². The van der Waals surface area contributed by atoms with Crippen LogP contribution in [0.5, 0.6) is 0 Å². The van der Waals surface area contributed by atoms with E-state index in [2.05, 4.69) is 0 Å². The van der Waals surface area contributed by atoms with E-state index in [1.165, 1.54) is 37.1 Å². The van der Waals surface area contributed by atoms with Crippen molar-refractivity contribution in [1.29, 1.82) is 0 Å². The van der Waals surface area contributed by atoms with E-state index < -0.39 is 6.10 Å². The fourth-order valence-electron chi connectivity index (χ4n) is 4.63. The molecular weight excluding hydrogens is 362 g/mol. The molecule has 6 heteroatoms. The molecule has 0 radical (unpaired) electrons. The SMILES string of the molecule is O=C1CC(C2CC2)CN1CC(O)Cn1c2ccc(F)cc2c2cc(F)ccc21. The molecule has 2 aromatic carbocycles. The third-order valence-electron chi connectivity index (χ3n) is 6.15. The minimum absolute atomic E-state index is 0.113. The van der Waals surface area contributed by atoms with Gasteiger partial charge in [0.2, 0.25) is 5.91 Å². The summed E-state index contributed by atoms with van der Waals surface area (Å²) in [5, 5.41) is 11.9. The normalized spacial score (nSPS) is 21.2. The standard InChI is InChI=1S/C22H22F2N2O2/c23-15-3-5-20-18(8-15)19-9-16(24)4-6-21(19)26(20)12-17(27)11-25-10-14(7-22(25)28)13-1-2-13/h3-6,8-9,13-14,17,27H,1-2,7,10-12H2. The first-order valence-corrected chi connectivity index (χ1v) is 9.82. The van der Waals surface area contributed by atoms with Crippen molar-refractivity contribution in [3.05, 3.63) is 48.0 Å². The summed E-state index contributed by atoms with van der Waals surface area (Å²) in [5.41, 5.74) is 1.48. The highest BCUT2D eigenvalue weighted by molar-refractivity contribution is 6.08. The highest BCUT2D eigenvalue weighted by Gasteiger charge is 2.40. The highest BCUT2D eigenvalue weighted by atomic mass is 19.1. The Balaban J connectivity index is 1.43. The summed E-state index contributed by atoms with van der Waals surface area (Å²) in [6, 6.07) is 8.82. The van der Waals surface area contributed by atoms with Gasteiger partial charge >= 0.3 is 0 Å². The van der Waals surface area contributed by atoms with E-state index in [1.807, 2.05) is 4.57 Å². The van der Waals surface area contributed by atoms with Gasteiger partial charge in [-0.05, 0) is 61.1 Å². The molecule has 0 spiro atoms. The van der Waals surface area contributed by atoms with Crippen molar-refractivity contribution in [3.8, 4) is 0 Å². The number of hydrogen-bond donors (Lipinski definition) is 1. The van der Waals surface area contributed by atoms with Crippen LogP contribution in [0.1, 0.15) is 19.3 Å². The Morgan fingerprint density at radius 3 is 2.14 bits per heavy atom. The molecular formula is C22H22F2N2O2. The van der Waals surface area contributed by atoms with Crippen LogP contribution in [-0.4, -0.2) is 39.7 Å². The van der Waals surface area contributed by atoms with Crippen molar-refractivity contribution in [2.75, 3.05) is 13.1 Å². The monoisotopic (exact) mass is 384 g/mol. The van der Waals surface area contributed by atoms with Crippen LogP contribution >= 0.6 is 0 Å².